The van der Waals surface area contributed by atoms with Crippen molar-refractivity contribution in [3.63, 3.8) is 0 Å². The largest absolute Gasteiger partial charge is 0.495 e. The Bertz CT molecular complexity index is 586. The molecule has 3 nitrogen and oxygen atoms in total. The number of hydrogen-bond donors (Lipinski definition) is 1. The minimum atomic E-state index is 0.606. The summed E-state index contributed by atoms with van der Waals surface area (Å²) in [5.74, 6) is 0.827. The highest BCUT2D eigenvalue weighted by molar-refractivity contribution is 6.30. The second-order valence-electron chi connectivity index (χ2n) is 4.54. The zero-order chi connectivity index (χ0) is 14.5. The van der Waals surface area contributed by atoms with Crippen LogP contribution in [0.5, 0.6) is 5.75 Å². The molecule has 20 heavy (non-hydrogen) atoms. The molecule has 0 spiro atoms. The molecule has 0 saturated heterocycles. The first-order chi connectivity index (χ1) is 9.67. The lowest BCUT2D eigenvalue weighted by molar-refractivity contribution is 0.415. The van der Waals surface area contributed by atoms with Crippen molar-refractivity contribution in [1.82, 2.24) is 0 Å². The Morgan fingerprint density at radius 1 is 1.15 bits per heavy atom. The Kier molecular flexibility index (Phi) is 4.88. The average molecular weight is 291 g/mol. The normalized spacial score (nSPS) is 10.4. The third-order valence-electron chi connectivity index (χ3n) is 3.27. The smallest absolute Gasteiger partial charge is 0.142 e. The van der Waals surface area contributed by atoms with Gasteiger partial charge in [-0.25, -0.2) is 0 Å². The molecule has 2 aromatic carbocycles. The van der Waals surface area contributed by atoms with Crippen LogP contribution in [0.25, 0.3) is 0 Å². The highest BCUT2D eigenvalue weighted by Gasteiger charge is 2.13. The molecule has 0 unspecified atom stereocenters. The predicted molar refractivity (Wildman–Crippen MR) is 85.3 cm³/mol. The summed E-state index contributed by atoms with van der Waals surface area (Å²) in [6.45, 7) is 0.606. The quantitative estimate of drug-likeness (QED) is 0.914. The zero-order valence-electron chi connectivity index (χ0n) is 11.8. The molecule has 2 N–H and O–H groups in total. The second-order valence-corrected chi connectivity index (χ2v) is 4.98. The minimum absolute atomic E-state index is 0.606. The first-order valence-electron chi connectivity index (χ1n) is 6.52. The Morgan fingerprint density at radius 3 is 2.60 bits per heavy atom. The lowest BCUT2D eigenvalue weighted by Gasteiger charge is -2.24. The van der Waals surface area contributed by atoms with E-state index in [1.807, 2.05) is 49.5 Å². The van der Waals surface area contributed by atoms with Crippen LogP contribution in [0.4, 0.5) is 11.4 Å². The van der Waals surface area contributed by atoms with Gasteiger partial charge in [-0.1, -0.05) is 29.8 Å². The molecule has 0 aromatic heterocycles. The van der Waals surface area contributed by atoms with Gasteiger partial charge in [0.25, 0.3) is 0 Å². The topological polar surface area (TPSA) is 38.5 Å². The van der Waals surface area contributed by atoms with Crippen molar-refractivity contribution in [2.75, 3.05) is 25.6 Å². The van der Waals surface area contributed by atoms with Crippen molar-refractivity contribution in [3.05, 3.63) is 53.1 Å². The van der Waals surface area contributed by atoms with Crippen molar-refractivity contribution >= 4 is 23.0 Å². The van der Waals surface area contributed by atoms with Gasteiger partial charge in [-0.15, -0.1) is 0 Å². The van der Waals surface area contributed by atoms with Gasteiger partial charge in [0.2, 0.25) is 0 Å². The summed E-state index contributed by atoms with van der Waals surface area (Å²) in [5.41, 5.74) is 8.90. The number of nitrogens with two attached hydrogens (primary N) is 1. The average Bonchev–Trinajstić information content (AvgIpc) is 2.48. The molecular formula is C16H19ClN2O. The molecule has 0 heterocycles. The number of nitrogens with zero attached hydrogens (tertiary/aromatic N) is 1. The molecule has 106 valence electrons. The van der Waals surface area contributed by atoms with Gasteiger partial charge in [0, 0.05) is 17.8 Å². The fourth-order valence-electron chi connectivity index (χ4n) is 2.25. The highest BCUT2D eigenvalue weighted by atomic mass is 35.5. The van der Waals surface area contributed by atoms with Crippen LogP contribution >= 0.6 is 11.6 Å². The van der Waals surface area contributed by atoms with Gasteiger partial charge < -0.3 is 15.4 Å². The number of ether oxygens (including phenoxy) is 1. The van der Waals surface area contributed by atoms with E-state index in [4.69, 9.17) is 22.1 Å². The van der Waals surface area contributed by atoms with Gasteiger partial charge in [-0.05, 0) is 42.8 Å². The van der Waals surface area contributed by atoms with Crippen molar-refractivity contribution in [3.8, 4) is 5.75 Å². The Hall–Kier alpha value is -1.71. The van der Waals surface area contributed by atoms with E-state index in [-0.39, 0.29) is 0 Å². The number of para-hydroxylation sites is 2. The predicted octanol–water partition coefficient (Wildman–Crippen LogP) is 3.62. The zero-order valence-corrected chi connectivity index (χ0v) is 12.5. The molecular weight excluding hydrogens is 272 g/mol. The standard InChI is InChI=1S/C16H19ClN2O/c1-19(14-5-3-4-6-16(14)20-2)15-11-13(17)8-7-12(15)9-10-18/h3-8,11H,9-10,18H2,1-2H3. The van der Waals surface area contributed by atoms with Crippen LogP contribution in [0.2, 0.25) is 5.02 Å². The van der Waals surface area contributed by atoms with E-state index in [2.05, 4.69) is 4.90 Å². The van der Waals surface area contributed by atoms with Crippen LogP contribution in [0.1, 0.15) is 5.56 Å². The second kappa shape index (κ2) is 6.64. The van der Waals surface area contributed by atoms with Gasteiger partial charge in [-0.2, -0.15) is 0 Å². The van der Waals surface area contributed by atoms with Crippen LogP contribution < -0.4 is 15.4 Å². The molecule has 0 atom stereocenters. The molecule has 0 aliphatic rings. The number of methoxy groups -OCH3 is 1. The molecule has 0 bridgehead atoms. The van der Waals surface area contributed by atoms with E-state index in [1.165, 1.54) is 5.56 Å². The lowest BCUT2D eigenvalue weighted by Crippen LogP contribution is -2.14. The minimum Gasteiger partial charge on any atom is -0.495 e. The van der Waals surface area contributed by atoms with Gasteiger partial charge >= 0.3 is 0 Å². The number of anilines is 2. The first-order valence-corrected chi connectivity index (χ1v) is 6.90. The van der Waals surface area contributed by atoms with E-state index >= 15 is 0 Å². The highest BCUT2D eigenvalue weighted by Crippen LogP contribution is 2.35. The number of halogens is 1. The molecule has 0 aliphatic heterocycles. The molecule has 2 rings (SSSR count). The molecule has 0 radical (unpaired) electrons. The summed E-state index contributed by atoms with van der Waals surface area (Å²) in [6, 6.07) is 13.8. The van der Waals surface area contributed by atoms with E-state index in [0.717, 1.165) is 23.5 Å². The van der Waals surface area contributed by atoms with Gasteiger partial charge in [-0.3, -0.25) is 0 Å². The van der Waals surface area contributed by atoms with Crippen LogP contribution in [0.3, 0.4) is 0 Å². The molecule has 4 heteroatoms. The monoisotopic (exact) mass is 290 g/mol. The van der Waals surface area contributed by atoms with E-state index in [9.17, 15) is 0 Å². The summed E-state index contributed by atoms with van der Waals surface area (Å²) in [5, 5.41) is 0.711. The van der Waals surface area contributed by atoms with Crippen LogP contribution in [0, 0.1) is 0 Å². The third-order valence-corrected chi connectivity index (χ3v) is 3.50. The summed E-state index contributed by atoms with van der Waals surface area (Å²) >= 11 is 6.13. The van der Waals surface area contributed by atoms with Crippen LogP contribution in [-0.2, 0) is 6.42 Å². The summed E-state index contributed by atoms with van der Waals surface area (Å²) in [6.07, 6.45) is 0.811. The maximum Gasteiger partial charge on any atom is 0.142 e. The Balaban J connectivity index is 2.46. The van der Waals surface area contributed by atoms with Crippen molar-refractivity contribution in [2.24, 2.45) is 5.73 Å². The number of hydrogen-bond acceptors (Lipinski definition) is 3. The fraction of sp³-hybridized carbons (Fsp3) is 0.250. The van der Waals surface area contributed by atoms with Crippen molar-refractivity contribution in [1.29, 1.82) is 0 Å². The maximum absolute atomic E-state index is 6.13. The van der Waals surface area contributed by atoms with E-state index in [0.29, 0.717) is 11.6 Å². The summed E-state index contributed by atoms with van der Waals surface area (Å²) < 4.78 is 5.42. The van der Waals surface area contributed by atoms with Gasteiger partial charge in [0.05, 0.1) is 12.8 Å². The SMILES string of the molecule is COc1ccccc1N(C)c1cc(Cl)ccc1CCN. The van der Waals surface area contributed by atoms with Crippen molar-refractivity contribution in [2.45, 2.75) is 6.42 Å². The van der Waals surface area contributed by atoms with E-state index < -0.39 is 0 Å². The van der Waals surface area contributed by atoms with Crippen molar-refractivity contribution < 1.29 is 4.74 Å². The summed E-state index contributed by atoms with van der Waals surface area (Å²) in [7, 11) is 3.68. The van der Waals surface area contributed by atoms with Gasteiger partial charge in [0.15, 0.2) is 0 Å². The molecule has 0 fully saturated rings. The lowest BCUT2D eigenvalue weighted by atomic mass is 10.1. The maximum atomic E-state index is 6.13. The molecule has 0 saturated carbocycles. The van der Waals surface area contributed by atoms with Gasteiger partial charge in [0.1, 0.15) is 5.75 Å². The number of rotatable bonds is 5. The van der Waals surface area contributed by atoms with Crippen LogP contribution in [0.15, 0.2) is 42.5 Å². The van der Waals surface area contributed by atoms with E-state index in [1.54, 1.807) is 7.11 Å². The fourth-order valence-corrected chi connectivity index (χ4v) is 2.42. The molecule has 2 aromatic rings. The Labute approximate surface area is 124 Å². The first kappa shape index (κ1) is 14.7. The Morgan fingerprint density at radius 2 is 1.90 bits per heavy atom. The third kappa shape index (κ3) is 3.06. The molecule has 0 amide bonds. The summed E-state index contributed by atoms with van der Waals surface area (Å²) in [4.78, 5) is 2.08. The van der Waals surface area contributed by atoms with Crippen LogP contribution in [-0.4, -0.2) is 20.7 Å². The number of benzene rings is 2. The molecule has 0 aliphatic carbocycles.